The Morgan fingerprint density at radius 2 is 1.93 bits per heavy atom. The van der Waals surface area contributed by atoms with E-state index in [1.54, 1.807) is 16.9 Å². The minimum Gasteiger partial charge on any atom is -0.328 e. The molecule has 3 aromatic rings. The fraction of sp³-hybridized carbons (Fsp3) is 0.238. The highest BCUT2D eigenvalue weighted by atomic mass is 16.1. The molecule has 7 heteroatoms. The van der Waals surface area contributed by atoms with Crippen LogP contribution in [0.5, 0.6) is 0 Å². The summed E-state index contributed by atoms with van der Waals surface area (Å²) in [5, 5.41) is 10.4. The molecule has 0 fully saturated rings. The van der Waals surface area contributed by atoms with Gasteiger partial charge in [-0.15, -0.1) is 0 Å². The molecule has 2 N–H and O–H groups in total. The summed E-state index contributed by atoms with van der Waals surface area (Å²) in [5.41, 5.74) is 3.55. The van der Waals surface area contributed by atoms with Crippen molar-refractivity contribution in [2.24, 2.45) is 0 Å². The first kappa shape index (κ1) is 17.9. The van der Waals surface area contributed by atoms with E-state index in [0.29, 0.717) is 23.3 Å². The molecule has 0 saturated heterocycles. The number of hydrogen-bond donors (Lipinski definition) is 2. The second kappa shape index (κ2) is 7.26. The topological polar surface area (TPSA) is 84.7 Å². The zero-order chi connectivity index (χ0) is 19.7. The summed E-state index contributed by atoms with van der Waals surface area (Å²) in [5.74, 6) is 1.34. The Morgan fingerprint density at radius 1 is 1.14 bits per heavy atom. The summed E-state index contributed by atoms with van der Waals surface area (Å²) in [6.07, 6.45) is 3.14. The van der Waals surface area contributed by atoms with E-state index < -0.39 is 0 Å². The van der Waals surface area contributed by atoms with Crippen molar-refractivity contribution in [1.82, 2.24) is 19.7 Å². The number of fused-ring (bicyclic) bond motifs is 1. The van der Waals surface area contributed by atoms with Crippen molar-refractivity contribution in [2.45, 2.75) is 32.7 Å². The number of carbonyl (C=O) groups is 1. The lowest BCUT2D eigenvalue weighted by Gasteiger charge is -2.28. The number of rotatable bonds is 4. The minimum atomic E-state index is -0.372. The van der Waals surface area contributed by atoms with Crippen molar-refractivity contribution < 1.29 is 4.79 Å². The van der Waals surface area contributed by atoms with Crippen LogP contribution in [-0.4, -0.2) is 25.7 Å². The Kier molecular flexibility index (Phi) is 4.65. The van der Waals surface area contributed by atoms with Crippen LogP contribution in [0.3, 0.4) is 0 Å². The van der Waals surface area contributed by atoms with Crippen LogP contribution in [0.1, 0.15) is 43.9 Å². The van der Waals surface area contributed by atoms with Crippen LogP contribution in [0.2, 0.25) is 0 Å². The first-order chi connectivity index (χ1) is 13.5. The zero-order valence-corrected chi connectivity index (χ0v) is 16.0. The molecule has 142 valence electrons. The summed E-state index contributed by atoms with van der Waals surface area (Å²) < 4.78 is 1.74. The van der Waals surface area contributed by atoms with Gasteiger partial charge in [0.1, 0.15) is 18.2 Å². The van der Waals surface area contributed by atoms with E-state index in [1.807, 2.05) is 19.1 Å². The summed E-state index contributed by atoms with van der Waals surface area (Å²) >= 11 is 0. The zero-order valence-electron chi connectivity index (χ0n) is 16.0. The standard InChI is InChI=1S/C21H22N6O/c1-13(2)15-7-9-16(10-8-15)19-18(14(3)25-21-23-12-24-27(19)21)20(28)26-17-6-4-5-11-22-17/h4-13,19H,1-3H3,(H,22,26,28)(H,23,24,25)/t19-/m1/s1. The van der Waals surface area contributed by atoms with Crippen molar-refractivity contribution in [1.29, 1.82) is 0 Å². The largest absolute Gasteiger partial charge is 0.328 e. The van der Waals surface area contributed by atoms with Crippen molar-refractivity contribution >= 4 is 17.7 Å². The third kappa shape index (κ3) is 3.26. The molecule has 7 nitrogen and oxygen atoms in total. The average molecular weight is 374 g/mol. The summed E-state index contributed by atoms with van der Waals surface area (Å²) in [4.78, 5) is 21.6. The van der Waals surface area contributed by atoms with Crippen molar-refractivity contribution in [3.8, 4) is 0 Å². The SMILES string of the molecule is CC1=C(C(=O)Nc2ccccn2)[C@@H](c2ccc(C(C)C)cc2)n2ncnc2N1. The van der Waals surface area contributed by atoms with Crippen LogP contribution in [0.15, 0.2) is 66.3 Å². The third-order valence-corrected chi connectivity index (χ3v) is 4.86. The lowest BCUT2D eigenvalue weighted by Crippen LogP contribution is -2.31. The molecule has 1 aliphatic heterocycles. The quantitative estimate of drug-likeness (QED) is 0.727. The van der Waals surface area contributed by atoms with E-state index in [9.17, 15) is 4.79 Å². The number of pyridine rings is 1. The van der Waals surface area contributed by atoms with Crippen molar-refractivity contribution in [3.05, 3.63) is 77.4 Å². The number of nitrogens with one attached hydrogen (secondary N) is 2. The molecule has 0 radical (unpaired) electrons. The van der Waals surface area contributed by atoms with E-state index in [0.717, 1.165) is 11.3 Å². The first-order valence-corrected chi connectivity index (χ1v) is 9.24. The van der Waals surface area contributed by atoms with Crippen LogP contribution in [0.25, 0.3) is 0 Å². The molecule has 3 heterocycles. The van der Waals surface area contributed by atoms with Crippen LogP contribution >= 0.6 is 0 Å². The van der Waals surface area contributed by atoms with Gasteiger partial charge in [0, 0.05) is 11.9 Å². The smallest absolute Gasteiger partial charge is 0.257 e. The maximum absolute atomic E-state index is 13.2. The van der Waals surface area contributed by atoms with Gasteiger partial charge in [0.05, 0.1) is 5.57 Å². The molecule has 1 aliphatic rings. The Labute approximate surface area is 163 Å². The molecule has 1 amide bonds. The first-order valence-electron chi connectivity index (χ1n) is 9.24. The highest BCUT2D eigenvalue weighted by Gasteiger charge is 2.33. The number of benzene rings is 1. The van der Waals surface area contributed by atoms with Crippen molar-refractivity contribution in [3.63, 3.8) is 0 Å². The fourth-order valence-electron chi connectivity index (χ4n) is 3.38. The summed E-state index contributed by atoms with van der Waals surface area (Å²) in [6.45, 7) is 6.19. The molecule has 0 aliphatic carbocycles. The average Bonchev–Trinajstić information content (AvgIpc) is 3.15. The predicted molar refractivity (Wildman–Crippen MR) is 108 cm³/mol. The predicted octanol–water partition coefficient (Wildman–Crippen LogP) is 3.72. The van der Waals surface area contributed by atoms with Gasteiger partial charge < -0.3 is 10.6 Å². The molecule has 4 rings (SSSR count). The Balaban J connectivity index is 1.75. The molecule has 0 bridgehead atoms. The van der Waals surface area contributed by atoms with Crippen LogP contribution in [0.4, 0.5) is 11.8 Å². The molecule has 28 heavy (non-hydrogen) atoms. The molecular formula is C21H22N6O. The van der Waals surface area contributed by atoms with Gasteiger partial charge in [0.2, 0.25) is 5.95 Å². The Bertz CT molecular complexity index is 1020. The lowest BCUT2D eigenvalue weighted by molar-refractivity contribution is -0.113. The van der Waals surface area contributed by atoms with E-state index in [1.165, 1.54) is 11.9 Å². The Morgan fingerprint density at radius 3 is 2.61 bits per heavy atom. The number of anilines is 2. The molecular weight excluding hydrogens is 352 g/mol. The van der Waals surface area contributed by atoms with E-state index in [-0.39, 0.29) is 11.9 Å². The molecule has 0 spiro atoms. The number of amides is 1. The molecule has 0 unspecified atom stereocenters. The number of aromatic nitrogens is 4. The van der Waals surface area contributed by atoms with Gasteiger partial charge >= 0.3 is 0 Å². The second-order valence-corrected chi connectivity index (χ2v) is 7.08. The number of carbonyl (C=O) groups excluding carboxylic acids is 1. The Hall–Kier alpha value is -3.48. The second-order valence-electron chi connectivity index (χ2n) is 7.08. The lowest BCUT2D eigenvalue weighted by atomic mass is 9.93. The highest BCUT2D eigenvalue weighted by molar-refractivity contribution is 6.05. The number of nitrogens with zero attached hydrogens (tertiary/aromatic N) is 4. The molecule has 0 saturated carbocycles. The van der Waals surface area contributed by atoms with Crippen LogP contribution in [0, 0.1) is 0 Å². The number of allylic oxidation sites excluding steroid dienone is 1. The van der Waals surface area contributed by atoms with Crippen molar-refractivity contribution in [2.75, 3.05) is 10.6 Å². The molecule has 1 atom stereocenters. The number of hydrogen-bond acceptors (Lipinski definition) is 5. The van der Waals surface area contributed by atoms with Gasteiger partial charge in [-0.05, 0) is 36.1 Å². The van der Waals surface area contributed by atoms with E-state index in [4.69, 9.17) is 0 Å². The van der Waals surface area contributed by atoms with E-state index >= 15 is 0 Å². The van der Waals surface area contributed by atoms with Gasteiger partial charge in [0.25, 0.3) is 5.91 Å². The summed E-state index contributed by atoms with van der Waals surface area (Å²) in [7, 11) is 0. The molecule has 2 aromatic heterocycles. The highest BCUT2D eigenvalue weighted by Crippen LogP contribution is 2.35. The van der Waals surface area contributed by atoms with Gasteiger partial charge in [-0.3, -0.25) is 4.79 Å². The fourth-order valence-corrected chi connectivity index (χ4v) is 3.38. The van der Waals surface area contributed by atoms with Gasteiger partial charge in [-0.25, -0.2) is 9.67 Å². The molecule has 1 aromatic carbocycles. The maximum atomic E-state index is 13.2. The van der Waals surface area contributed by atoms with E-state index in [2.05, 4.69) is 63.8 Å². The minimum absolute atomic E-state index is 0.220. The maximum Gasteiger partial charge on any atom is 0.257 e. The van der Waals surface area contributed by atoms with Gasteiger partial charge in [-0.1, -0.05) is 44.2 Å². The third-order valence-electron chi connectivity index (χ3n) is 4.86. The van der Waals surface area contributed by atoms with Crippen LogP contribution < -0.4 is 10.6 Å². The summed E-state index contributed by atoms with van der Waals surface area (Å²) in [6, 6.07) is 13.3. The normalized spacial score (nSPS) is 15.9. The van der Waals surface area contributed by atoms with Crippen LogP contribution in [-0.2, 0) is 4.79 Å². The monoisotopic (exact) mass is 374 g/mol. The van der Waals surface area contributed by atoms with Gasteiger partial charge in [-0.2, -0.15) is 10.1 Å². The van der Waals surface area contributed by atoms with Gasteiger partial charge in [0.15, 0.2) is 0 Å².